The predicted octanol–water partition coefficient (Wildman–Crippen LogP) is 5.85. The van der Waals surface area contributed by atoms with Gasteiger partial charge in [-0.3, -0.25) is 0 Å². The van der Waals surface area contributed by atoms with E-state index < -0.39 is 21.2 Å². The summed E-state index contributed by atoms with van der Waals surface area (Å²) in [7, 11) is -4.08. The van der Waals surface area contributed by atoms with Crippen molar-refractivity contribution in [3.05, 3.63) is 64.7 Å². The summed E-state index contributed by atoms with van der Waals surface area (Å²) in [6.45, 7) is 14.0. The summed E-state index contributed by atoms with van der Waals surface area (Å²) < 4.78 is 39.6. The maximum Gasteiger partial charge on any atom is 0.462 e. The normalized spacial score (nSPS) is 25.5. The predicted molar refractivity (Wildman–Crippen MR) is 148 cm³/mol. The molecule has 2 saturated carbocycles. The summed E-state index contributed by atoms with van der Waals surface area (Å²) in [6, 6.07) is 14.3. The van der Waals surface area contributed by atoms with E-state index in [2.05, 4.69) is 61.9 Å². The van der Waals surface area contributed by atoms with Crippen LogP contribution in [-0.4, -0.2) is 32.4 Å². The molecular formula is C29H39BN2O4S. The van der Waals surface area contributed by atoms with Crippen molar-refractivity contribution in [1.82, 2.24) is 4.83 Å². The Morgan fingerprint density at radius 3 is 2.00 bits per heavy atom. The molecule has 0 bridgehead atoms. The summed E-state index contributed by atoms with van der Waals surface area (Å²) in [5, 5.41) is 4.45. The number of aryl methyl sites for hydroxylation is 3. The molecule has 198 valence electrons. The van der Waals surface area contributed by atoms with Gasteiger partial charge in [-0.25, -0.2) is 4.83 Å². The van der Waals surface area contributed by atoms with Gasteiger partial charge >= 0.3 is 7.12 Å². The Morgan fingerprint density at radius 2 is 1.49 bits per heavy atom. The fourth-order valence-corrected chi connectivity index (χ4v) is 7.65. The van der Waals surface area contributed by atoms with Gasteiger partial charge in [-0.05, 0) is 83.9 Å². The molecule has 0 amide bonds. The minimum absolute atomic E-state index is 0.174. The lowest BCUT2D eigenvalue weighted by Gasteiger charge is -2.49. The monoisotopic (exact) mass is 522 g/mol. The molecule has 2 aliphatic carbocycles. The highest BCUT2D eigenvalue weighted by Crippen LogP contribution is 2.62. The van der Waals surface area contributed by atoms with Crippen LogP contribution in [0.4, 0.5) is 0 Å². The average molecular weight is 523 g/mol. The Balaban J connectivity index is 1.44. The van der Waals surface area contributed by atoms with E-state index in [0.717, 1.165) is 35.2 Å². The minimum atomic E-state index is -3.77. The number of benzene rings is 2. The first-order chi connectivity index (χ1) is 17.3. The van der Waals surface area contributed by atoms with Gasteiger partial charge in [0.1, 0.15) is 0 Å². The van der Waals surface area contributed by atoms with Crippen LogP contribution in [0.2, 0.25) is 5.82 Å². The van der Waals surface area contributed by atoms with Gasteiger partial charge in [0.05, 0.1) is 16.1 Å². The molecule has 0 spiro atoms. The van der Waals surface area contributed by atoms with E-state index in [4.69, 9.17) is 9.31 Å². The van der Waals surface area contributed by atoms with Crippen LogP contribution in [0, 0.1) is 26.7 Å². The lowest BCUT2D eigenvalue weighted by Crippen LogP contribution is -2.52. The zero-order chi connectivity index (χ0) is 26.8. The topological polar surface area (TPSA) is 77.0 Å². The van der Waals surface area contributed by atoms with Crippen LogP contribution in [-0.2, 0) is 24.7 Å². The molecule has 0 aromatic heterocycles. The highest BCUT2D eigenvalue weighted by atomic mass is 32.2. The van der Waals surface area contributed by atoms with E-state index in [1.165, 1.54) is 5.56 Å². The Morgan fingerprint density at radius 1 is 0.946 bits per heavy atom. The number of hydrazone groups is 1. The lowest BCUT2D eigenvalue weighted by molar-refractivity contribution is 0.00578. The molecule has 1 atom stereocenters. The fraction of sp³-hybridized carbons (Fsp3) is 0.552. The van der Waals surface area contributed by atoms with E-state index in [1.807, 2.05) is 39.0 Å². The number of hydrogen-bond acceptors (Lipinski definition) is 5. The molecule has 1 heterocycles. The molecule has 2 aromatic carbocycles. The van der Waals surface area contributed by atoms with Crippen LogP contribution in [0.15, 0.2) is 52.5 Å². The van der Waals surface area contributed by atoms with Gasteiger partial charge < -0.3 is 9.31 Å². The molecule has 6 nitrogen and oxygen atoms in total. The molecule has 3 aliphatic rings. The number of hydrogen-bond donors (Lipinski definition) is 1. The molecule has 3 fully saturated rings. The van der Waals surface area contributed by atoms with Crippen molar-refractivity contribution >= 4 is 22.9 Å². The Labute approximate surface area is 222 Å². The first-order valence-corrected chi connectivity index (χ1v) is 14.8. The first-order valence-electron chi connectivity index (χ1n) is 13.3. The SMILES string of the molecule is Cc1cc(C)c(S(=O)(=O)NN=C2CC(c3ccccc3)(C(B3OC(C)(C)C(C)(C)O3)C3CC3)C2)c(C)c1. The van der Waals surface area contributed by atoms with Gasteiger partial charge in [0, 0.05) is 16.9 Å². The zero-order valence-electron chi connectivity index (χ0n) is 23.1. The van der Waals surface area contributed by atoms with Gasteiger partial charge in [-0.2, -0.15) is 13.5 Å². The fourth-order valence-electron chi connectivity index (χ4n) is 6.34. The standard InChI is InChI=1S/C29H39BN2O4S/c1-19-15-20(2)25(21(3)16-19)37(33,34)32-31-24-17-29(18-24,23-11-9-8-10-12-23)26(22-13-14-22)30-35-27(4,5)28(6,7)36-30/h8-12,15-16,22,26,32H,13-14,17-18H2,1-7H3. The Bertz CT molecular complexity index is 1290. The molecule has 5 rings (SSSR count). The van der Waals surface area contributed by atoms with Gasteiger partial charge in [-0.15, -0.1) is 0 Å². The van der Waals surface area contributed by atoms with Crippen LogP contribution in [0.1, 0.15) is 75.6 Å². The molecule has 1 saturated heterocycles. The van der Waals surface area contributed by atoms with Crippen molar-refractivity contribution in [1.29, 1.82) is 0 Å². The summed E-state index contributed by atoms with van der Waals surface area (Å²) >= 11 is 0. The van der Waals surface area contributed by atoms with Crippen LogP contribution in [0.5, 0.6) is 0 Å². The molecule has 0 radical (unpaired) electrons. The molecule has 37 heavy (non-hydrogen) atoms. The third-order valence-corrected chi connectivity index (χ3v) is 10.4. The summed E-state index contributed by atoms with van der Waals surface area (Å²) in [5.41, 5.74) is 3.60. The van der Waals surface area contributed by atoms with Crippen molar-refractivity contribution in [2.45, 2.75) is 101 Å². The summed E-state index contributed by atoms with van der Waals surface area (Å²) in [5.74, 6) is 0.694. The Kier molecular flexibility index (Phi) is 6.40. The average Bonchev–Trinajstić information content (AvgIpc) is 3.55. The molecule has 2 aromatic rings. The second-order valence-electron chi connectivity index (χ2n) is 12.4. The zero-order valence-corrected chi connectivity index (χ0v) is 23.9. The summed E-state index contributed by atoms with van der Waals surface area (Å²) in [6.07, 6.45) is 3.68. The minimum Gasteiger partial charge on any atom is -0.403 e. The number of rotatable bonds is 7. The number of nitrogens with one attached hydrogen (secondary N) is 1. The third kappa shape index (κ3) is 4.66. The van der Waals surface area contributed by atoms with E-state index in [9.17, 15) is 8.42 Å². The van der Waals surface area contributed by atoms with Crippen molar-refractivity contribution in [2.75, 3.05) is 0 Å². The summed E-state index contributed by atoms with van der Waals surface area (Å²) in [4.78, 5) is 2.85. The van der Waals surface area contributed by atoms with Crippen molar-refractivity contribution in [2.24, 2.45) is 11.0 Å². The number of sulfonamides is 1. The highest BCUT2D eigenvalue weighted by Gasteiger charge is 2.64. The Hall–Kier alpha value is -2.16. The van der Waals surface area contributed by atoms with Crippen molar-refractivity contribution in [3.63, 3.8) is 0 Å². The van der Waals surface area contributed by atoms with E-state index in [0.29, 0.717) is 23.7 Å². The van der Waals surface area contributed by atoms with Crippen LogP contribution in [0.25, 0.3) is 0 Å². The van der Waals surface area contributed by atoms with Gasteiger partial charge in [0.2, 0.25) is 0 Å². The van der Waals surface area contributed by atoms with Gasteiger partial charge in [0.25, 0.3) is 10.0 Å². The quantitative estimate of drug-likeness (QED) is 0.366. The lowest BCUT2D eigenvalue weighted by atomic mass is 9.45. The van der Waals surface area contributed by atoms with Crippen molar-refractivity contribution in [3.8, 4) is 0 Å². The molecule has 1 N–H and O–H groups in total. The molecule has 8 heteroatoms. The third-order valence-electron chi connectivity index (χ3n) is 8.92. The van der Waals surface area contributed by atoms with E-state index >= 15 is 0 Å². The maximum absolute atomic E-state index is 13.2. The number of nitrogens with zero attached hydrogens (tertiary/aromatic N) is 1. The van der Waals surface area contributed by atoms with Crippen molar-refractivity contribution < 1.29 is 17.7 Å². The van der Waals surface area contributed by atoms with Crippen LogP contribution < -0.4 is 4.83 Å². The van der Waals surface area contributed by atoms with Gasteiger partial charge in [0.15, 0.2) is 0 Å². The maximum atomic E-state index is 13.2. The second kappa shape index (κ2) is 8.96. The second-order valence-corrected chi connectivity index (χ2v) is 14.0. The van der Waals surface area contributed by atoms with E-state index in [-0.39, 0.29) is 18.4 Å². The molecular weight excluding hydrogens is 483 g/mol. The van der Waals surface area contributed by atoms with Crippen LogP contribution >= 0.6 is 0 Å². The first kappa shape index (κ1) is 26.5. The van der Waals surface area contributed by atoms with Crippen LogP contribution in [0.3, 0.4) is 0 Å². The highest BCUT2D eigenvalue weighted by molar-refractivity contribution is 7.89. The van der Waals surface area contributed by atoms with E-state index in [1.54, 1.807) is 0 Å². The molecule has 1 aliphatic heterocycles. The molecule has 1 unspecified atom stereocenters. The largest absolute Gasteiger partial charge is 0.462 e. The van der Waals surface area contributed by atoms with Gasteiger partial charge in [-0.1, -0.05) is 60.9 Å². The smallest absolute Gasteiger partial charge is 0.403 e.